The number of benzene rings is 2. The SMILES string of the molecule is C=C(NC=S)C(=S)CNCC(F)(F)F.Cc1ccc(/C=C/C(c2cc(Cl)c(Cl)c(Cl)c2)C(F)(F)F)cc1Br. The molecule has 0 spiro atoms. The fourth-order valence-corrected chi connectivity index (χ4v) is 3.97. The van der Waals surface area contributed by atoms with Crippen molar-refractivity contribution in [2.24, 2.45) is 0 Å². The minimum absolute atomic E-state index is 0.0140. The quantitative estimate of drug-likeness (QED) is 0.118. The number of hydrogen-bond acceptors (Lipinski definition) is 3. The summed E-state index contributed by atoms with van der Waals surface area (Å²) >= 11 is 30.1. The summed E-state index contributed by atoms with van der Waals surface area (Å²) in [6.07, 6.45) is -6.22. The molecule has 0 aliphatic rings. The molecule has 2 aromatic rings. The highest BCUT2D eigenvalue weighted by molar-refractivity contribution is 9.10. The van der Waals surface area contributed by atoms with Crippen LogP contribution in [0.5, 0.6) is 0 Å². The van der Waals surface area contributed by atoms with E-state index in [0.29, 0.717) is 11.3 Å². The third-order valence-electron chi connectivity index (χ3n) is 4.58. The number of thiocarbonyl (C=S) groups is 2. The molecule has 0 amide bonds. The first-order valence-corrected chi connectivity index (χ1v) is 13.1. The molecule has 0 radical (unpaired) electrons. The van der Waals surface area contributed by atoms with E-state index in [-0.39, 0.29) is 32.0 Å². The molecule has 1 atom stereocenters. The minimum atomic E-state index is -4.49. The number of alkyl halides is 6. The van der Waals surface area contributed by atoms with Crippen LogP contribution < -0.4 is 10.6 Å². The molecule has 2 N–H and O–H groups in total. The molecule has 0 saturated heterocycles. The van der Waals surface area contributed by atoms with Gasteiger partial charge in [0.1, 0.15) is 0 Å². The zero-order chi connectivity index (χ0) is 29.3. The highest BCUT2D eigenvalue weighted by Gasteiger charge is 2.39. The van der Waals surface area contributed by atoms with Crippen LogP contribution in [0, 0.1) is 6.92 Å². The molecule has 14 heteroatoms. The zero-order valence-corrected chi connectivity index (χ0v) is 24.9. The fourth-order valence-electron chi connectivity index (χ4n) is 2.66. The van der Waals surface area contributed by atoms with E-state index in [4.69, 9.17) is 47.0 Å². The van der Waals surface area contributed by atoms with E-state index < -0.39 is 24.8 Å². The fraction of sp³-hybridized carbons (Fsp3) is 0.250. The molecule has 0 aliphatic heterocycles. The molecular formula is C24H20BrCl3F6N2S2. The van der Waals surface area contributed by atoms with E-state index in [0.717, 1.165) is 16.1 Å². The number of allylic oxidation sites excluding steroid dienone is 1. The largest absolute Gasteiger partial charge is 0.401 e. The monoisotopic (exact) mass is 698 g/mol. The Kier molecular flexibility index (Phi) is 14.2. The van der Waals surface area contributed by atoms with Crippen LogP contribution in [0.4, 0.5) is 26.3 Å². The Morgan fingerprint density at radius 3 is 2.13 bits per heavy atom. The minimum Gasteiger partial charge on any atom is -0.352 e. The highest BCUT2D eigenvalue weighted by atomic mass is 79.9. The van der Waals surface area contributed by atoms with Gasteiger partial charge in [-0.3, -0.25) is 0 Å². The van der Waals surface area contributed by atoms with Crippen LogP contribution in [-0.2, 0) is 0 Å². The first kappa shape index (κ1) is 34.8. The van der Waals surface area contributed by atoms with Crippen molar-refractivity contribution in [2.75, 3.05) is 13.1 Å². The Morgan fingerprint density at radius 1 is 1.08 bits per heavy atom. The molecule has 2 aromatic carbocycles. The summed E-state index contributed by atoms with van der Waals surface area (Å²) < 4.78 is 76.2. The van der Waals surface area contributed by atoms with Crippen LogP contribution in [0.25, 0.3) is 6.08 Å². The van der Waals surface area contributed by atoms with Crippen LogP contribution >= 0.6 is 75.2 Å². The second-order valence-corrected chi connectivity index (χ2v) is 10.3. The van der Waals surface area contributed by atoms with Crippen molar-refractivity contribution in [3.05, 3.63) is 84.9 Å². The van der Waals surface area contributed by atoms with Crippen molar-refractivity contribution >= 4 is 91.6 Å². The van der Waals surface area contributed by atoms with Gasteiger partial charge in [0.2, 0.25) is 0 Å². The molecule has 0 bridgehead atoms. The smallest absolute Gasteiger partial charge is 0.352 e. The standard InChI is InChI=1S/C17H11BrCl3F3.C7H9F3N2S2/c1-9-2-3-10(6-13(9)18)4-5-12(17(22,23)24)11-7-14(19)16(21)15(20)8-11;1-5(12-4-13)6(14)2-11-3-7(8,9)10/h2-8,12H,1H3;4,11H,1-3H2,(H,12,13)/b5-4+;. The lowest BCUT2D eigenvalue weighted by Gasteiger charge is -2.18. The Morgan fingerprint density at radius 2 is 1.66 bits per heavy atom. The van der Waals surface area contributed by atoms with E-state index in [9.17, 15) is 26.3 Å². The van der Waals surface area contributed by atoms with E-state index in [2.05, 4.69) is 45.4 Å². The van der Waals surface area contributed by atoms with Crippen molar-refractivity contribution < 1.29 is 26.3 Å². The predicted molar refractivity (Wildman–Crippen MR) is 156 cm³/mol. The van der Waals surface area contributed by atoms with Gasteiger partial charge in [-0.15, -0.1) is 0 Å². The normalized spacial score (nSPS) is 12.5. The van der Waals surface area contributed by atoms with Gasteiger partial charge in [0, 0.05) is 16.7 Å². The molecular weight excluding hydrogens is 681 g/mol. The molecule has 0 aromatic heterocycles. The van der Waals surface area contributed by atoms with Gasteiger partial charge >= 0.3 is 12.4 Å². The lowest BCUT2D eigenvalue weighted by Crippen LogP contribution is -2.34. The number of hydrogen-bond donors (Lipinski definition) is 2. The second kappa shape index (κ2) is 15.5. The predicted octanol–water partition coefficient (Wildman–Crippen LogP) is 9.65. The van der Waals surface area contributed by atoms with Crippen LogP contribution in [0.1, 0.15) is 22.6 Å². The number of nitrogens with one attached hydrogen (secondary N) is 2. The maximum atomic E-state index is 13.4. The summed E-state index contributed by atoms with van der Waals surface area (Å²) in [5.74, 6) is -1.84. The topological polar surface area (TPSA) is 24.1 Å². The number of halogens is 10. The molecule has 0 heterocycles. The molecule has 2 nitrogen and oxygen atoms in total. The number of rotatable bonds is 9. The third-order valence-corrected chi connectivity index (χ3v) is 7.14. The van der Waals surface area contributed by atoms with Crippen molar-refractivity contribution in [1.29, 1.82) is 0 Å². The summed E-state index contributed by atoms with van der Waals surface area (Å²) in [6.45, 7) is 4.26. The average Bonchev–Trinajstić information content (AvgIpc) is 2.78. The maximum absolute atomic E-state index is 13.4. The first-order valence-electron chi connectivity index (χ1n) is 10.3. The van der Waals surface area contributed by atoms with Gasteiger partial charge in [-0.05, 0) is 41.8 Å². The Balaban J connectivity index is 0.000000442. The first-order chi connectivity index (χ1) is 17.5. The van der Waals surface area contributed by atoms with Gasteiger partial charge in [-0.25, -0.2) is 0 Å². The van der Waals surface area contributed by atoms with Gasteiger partial charge in [-0.1, -0.05) is 106 Å². The Hall–Kier alpha value is -1.21. The zero-order valence-electron chi connectivity index (χ0n) is 19.4. The van der Waals surface area contributed by atoms with Crippen LogP contribution in [0.15, 0.2) is 53.2 Å². The summed E-state index contributed by atoms with van der Waals surface area (Å²) in [7, 11) is 0. The van der Waals surface area contributed by atoms with Gasteiger partial charge in [-0.2, -0.15) is 26.3 Å². The molecule has 208 valence electrons. The summed E-state index contributed by atoms with van der Waals surface area (Å²) in [5, 5.41) is 4.68. The Labute approximate surface area is 250 Å². The Bertz CT molecular complexity index is 1160. The van der Waals surface area contributed by atoms with Gasteiger partial charge in [0.05, 0.1) is 37.9 Å². The van der Waals surface area contributed by atoms with Crippen LogP contribution in [0.2, 0.25) is 15.1 Å². The maximum Gasteiger partial charge on any atom is 0.401 e. The lowest BCUT2D eigenvalue weighted by molar-refractivity contribution is -0.139. The second-order valence-electron chi connectivity index (χ2n) is 7.57. The average molecular weight is 701 g/mol. The summed E-state index contributed by atoms with van der Waals surface area (Å²) in [6, 6.07) is 7.68. The van der Waals surface area contributed by atoms with Crippen molar-refractivity contribution in [1.82, 2.24) is 10.6 Å². The highest BCUT2D eigenvalue weighted by Crippen LogP contribution is 2.41. The lowest BCUT2D eigenvalue weighted by atomic mass is 9.97. The molecule has 0 fully saturated rings. The van der Waals surface area contributed by atoms with E-state index in [1.807, 2.05) is 13.0 Å². The van der Waals surface area contributed by atoms with Crippen LogP contribution in [-0.4, -0.2) is 35.8 Å². The van der Waals surface area contributed by atoms with Crippen molar-refractivity contribution in [2.45, 2.75) is 25.2 Å². The van der Waals surface area contributed by atoms with Gasteiger partial charge < -0.3 is 10.6 Å². The molecule has 38 heavy (non-hydrogen) atoms. The molecule has 2 rings (SSSR count). The molecule has 1 unspecified atom stereocenters. The van der Waals surface area contributed by atoms with Crippen LogP contribution in [0.3, 0.4) is 0 Å². The third kappa shape index (κ3) is 12.3. The van der Waals surface area contributed by atoms with Crippen molar-refractivity contribution in [3.8, 4) is 0 Å². The van der Waals surface area contributed by atoms with E-state index in [1.165, 1.54) is 23.7 Å². The summed E-state index contributed by atoms with van der Waals surface area (Å²) in [4.78, 5) is 0.273. The van der Waals surface area contributed by atoms with E-state index in [1.54, 1.807) is 12.1 Å². The van der Waals surface area contributed by atoms with Gasteiger partial charge in [0.15, 0.2) is 0 Å². The summed E-state index contributed by atoms with van der Waals surface area (Å²) in [5.41, 5.74) is 3.11. The van der Waals surface area contributed by atoms with Crippen molar-refractivity contribution in [3.63, 3.8) is 0 Å². The van der Waals surface area contributed by atoms with Gasteiger partial charge in [0.25, 0.3) is 0 Å². The van der Waals surface area contributed by atoms with E-state index >= 15 is 0 Å². The molecule has 0 aliphatic carbocycles. The molecule has 0 saturated carbocycles. The number of aryl methyl sites for hydroxylation is 1.